The van der Waals surface area contributed by atoms with Gasteiger partial charge in [-0.05, 0) is 0 Å². The fourth-order valence-corrected chi connectivity index (χ4v) is 0. The third-order valence-corrected chi connectivity index (χ3v) is 0. The molecule has 0 bridgehead atoms. The maximum Gasteiger partial charge on any atom is 1.00 e. The molecule has 48 valence electrons. The van der Waals surface area contributed by atoms with Crippen LogP contribution in [0.15, 0.2) is 0 Å². The second-order valence-electron chi connectivity index (χ2n) is 0.448. The summed E-state index contributed by atoms with van der Waals surface area (Å²) < 4.78 is 31.6. The molecule has 0 fully saturated rings. The van der Waals surface area contributed by atoms with Gasteiger partial charge in [-0.1, -0.05) is 0 Å². The quantitative estimate of drug-likeness (QED) is 0.309. The molecule has 4 nitrogen and oxygen atoms in total. The first-order chi connectivity index (χ1) is 2.00. The molecule has 0 atom stereocenters. The van der Waals surface area contributed by atoms with Gasteiger partial charge in [-0.3, -0.25) is 9.11 Å². The molecule has 0 radical (unpaired) electrons. The summed E-state index contributed by atoms with van der Waals surface area (Å²) in [5.41, 5.74) is 0. The zero-order valence-electron chi connectivity index (χ0n) is 4.53. The van der Waals surface area contributed by atoms with Crippen LogP contribution in [0.25, 0.3) is 0 Å². The van der Waals surface area contributed by atoms with Gasteiger partial charge in [0, 0.05) is 0 Å². The van der Waals surface area contributed by atoms with Gasteiger partial charge >= 0.3 is 61.8 Å². The fourth-order valence-electron chi connectivity index (χ4n) is 0. The Balaban J connectivity index is -0.0000000133. The van der Waals surface area contributed by atoms with E-state index in [-0.39, 0.29) is 82.6 Å². The maximum atomic E-state index is 8.74. The molecule has 0 rings (SSSR count). The summed E-state index contributed by atoms with van der Waals surface area (Å²) in [6.45, 7) is 0. The minimum Gasteiger partial charge on any atom is -1.00 e. The Morgan fingerprint density at radius 1 is 1.25 bits per heavy atom. The molecular weight excluding hydrogens is 198 g/mol. The Morgan fingerprint density at radius 3 is 1.25 bits per heavy atom. The summed E-state index contributed by atoms with van der Waals surface area (Å²) in [7, 11) is -4.67. The van der Waals surface area contributed by atoms with E-state index in [0.717, 1.165) is 0 Å². The fraction of sp³-hybridized carbons (Fsp3) is 0. The Hall–Kier alpha value is 2.33. The molecule has 2 N–H and O–H groups in total. The van der Waals surface area contributed by atoms with Crippen molar-refractivity contribution in [1.29, 1.82) is 0 Å². The summed E-state index contributed by atoms with van der Waals surface area (Å²) in [5, 5.41) is 0. The molecule has 0 saturated carbocycles. The zero-order chi connectivity index (χ0) is 4.50. The molecule has 0 aromatic carbocycles. The Bertz CT molecular complexity index is 104. The van der Waals surface area contributed by atoms with Gasteiger partial charge in [0.2, 0.25) is 0 Å². The van der Waals surface area contributed by atoms with E-state index in [1.165, 1.54) is 0 Å². The molecular formula is H7AlClKO4S. The van der Waals surface area contributed by atoms with Crippen LogP contribution in [0.1, 0.15) is 1.43 Å². The Kier molecular flexibility index (Phi) is 26.2. The van der Waals surface area contributed by atoms with Crippen LogP contribution in [0.4, 0.5) is 0 Å². The van der Waals surface area contributed by atoms with Gasteiger partial charge in [0.15, 0.2) is 17.4 Å². The normalized spacial score (nSPS) is 7.25. The van der Waals surface area contributed by atoms with Crippen LogP contribution in [0.3, 0.4) is 0 Å². The molecule has 0 amide bonds. The Morgan fingerprint density at radius 2 is 1.25 bits per heavy atom. The van der Waals surface area contributed by atoms with E-state index in [2.05, 4.69) is 0 Å². The first-order valence-corrected chi connectivity index (χ1v) is 2.10. The summed E-state index contributed by atoms with van der Waals surface area (Å²) >= 11 is 0. The molecule has 8 heteroatoms. The smallest absolute Gasteiger partial charge is 1.00 e. The van der Waals surface area contributed by atoms with Crippen LogP contribution in [0, 0.1) is 0 Å². The average molecular weight is 205 g/mol. The SMILES string of the molecule is Cl.O=S(=O)(O)O.[AlH3].[H-].[K+]. The van der Waals surface area contributed by atoms with Gasteiger partial charge in [0.05, 0.1) is 0 Å². The minimum atomic E-state index is -4.67. The molecule has 0 aliphatic rings. The van der Waals surface area contributed by atoms with Crippen LogP contribution in [0.2, 0.25) is 0 Å². The predicted octanol–water partition coefficient (Wildman–Crippen LogP) is -4.30. The van der Waals surface area contributed by atoms with Crippen molar-refractivity contribution in [3.05, 3.63) is 0 Å². The van der Waals surface area contributed by atoms with E-state index >= 15 is 0 Å². The van der Waals surface area contributed by atoms with Gasteiger partial charge in [0.1, 0.15) is 0 Å². The van der Waals surface area contributed by atoms with Crippen molar-refractivity contribution < 1.29 is 70.3 Å². The summed E-state index contributed by atoms with van der Waals surface area (Å²) in [4.78, 5) is 0. The van der Waals surface area contributed by atoms with E-state index in [4.69, 9.17) is 17.5 Å². The van der Waals surface area contributed by atoms with E-state index in [1.807, 2.05) is 0 Å². The second kappa shape index (κ2) is 9.33. The Labute approximate surface area is 108 Å². The molecule has 0 unspecified atom stereocenters. The van der Waals surface area contributed by atoms with Crippen LogP contribution in [0.5, 0.6) is 0 Å². The third-order valence-electron chi connectivity index (χ3n) is 0. The second-order valence-corrected chi connectivity index (χ2v) is 1.34. The molecule has 0 heterocycles. The van der Waals surface area contributed by atoms with Gasteiger partial charge in [0.25, 0.3) is 0 Å². The van der Waals surface area contributed by atoms with Crippen molar-refractivity contribution in [3.63, 3.8) is 0 Å². The summed E-state index contributed by atoms with van der Waals surface area (Å²) in [5.74, 6) is 0. The van der Waals surface area contributed by atoms with Crippen LogP contribution in [-0.2, 0) is 10.4 Å². The van der Waals surface area contributed by atoms with Crippen molar-refractivity contribution in [3.8, 4) is 0 Å². The largest absolute Gasteiger partial charge is 1.00 e. The number of hydrogen-bond acceptors (Lipinski definition) is 2. The first-order valence-electron chi connectivity index (χ1n) is 0.698. The van der Waals surface area contributed by atoms with Gasteiger partial charge in [-0.15, -0.1) is 12.4 Å². The number of rotatable bonds is 0. The van der Waals surface area contributed by atoms with Crippen molar-refractivity contribution in [2.75, 3.05) is 0 Å². The van der Waals surface area contributed by atoms with Gasteiger partial charge < -0.3 is 1.43 Å². The summed E-state index contributed by atoms with van der Waals surface area (Å²) in [6.07, 6.45) is 0. The first kappa shape index (κ1) is 22.4. The predicted molar refractivity (Wildman–Crippen MR) is 32.5 cm³/mol. The van der Waals surface area contributed by atoms with Gasteiger partial charge in [-0.25, -0.2) is 0 Å². The monoisotopic (exact) mass is 204 g/mol. The average Bonchev–Trinajstić information content (AvgIpc) is 0.722. The maximum absolute atomic E-state index is 8.74. The van der Waals surface area contributed by atoms with Gasteiger partial charge in [-0.2, -0.15) is 8.42 Å². The van der Waals surface area contributed by atoms with Crippen molar-refractivity contribution >= 4 is 40.2 Å². The van der Waals surface area contributed by atoms with Crippen molar-refractivity contribution in [2.24, 2.45) is 0 Å². The van der Waals surface area contributed by atoms with Crippen LogP contribution < -0.4 is 51.4 Å². The van der Waals surface area contributed by atoms with E-state index in [9.17, 15) is 0 Å². The van der Waals surface area contributed by atoms with E-state index in [1.54, 1.807) is 0 Å². The molecule has 0 saturated heterocycles. The minimum absolute atomic E-state index is 0. The third kappa shape index (κ3) is 82.5. The van der Waals surface area contributed by atoms with Crippen LogP contribution >= 0.6 is 12.4 Å². The molecule has 0 spiro atoms. The van der Waals surface area contributed by atoms with Crippen LogP contribution in [-0.4, -0.2) is 34.9 Å². The number of hydrogen-bond donors (Lipinski definition) is 2. The molecule has 0 aliphatic heterocycles. The zero-order valence-corrected chi connectivity index (χ0v) is 8.28. The standard InChI is InChI=1S/Al.ClH.K.H2O4S.4H/c;;;1-5(2,3)4;;;;/h;1H;;(H2,1,2,3,4);;;;/q;;+1;;;;;-1. The summed E-state index contributed by atoms with van der Waals surface area (Å²) in [6, 6.07) is 0. The van der Waals surface area contributed by atoms with Crippen molar-refractivity contribution in [1.82, 2.24) is 0 Å². The molecule has 8 heavy (non-hydrogen) atoms. The molecule has 0 aromatic rings. The van der Waals surface area contributed by atoms with E-state index < -0.39 is 10.4 Å². The topological polar surface area (TPSA) is 74.6 Å². The van der Waals surface area contributed by atoms with E-state index in [0.29, 0.717) is 0 Å². The molecule has 0 aromatic heterocycles. The number of halogens is 1. The molecule has 0 aliphatic carbocycles. The van der Waals surface area contributed by atoms with Crippen molar-refractivity contribution in [2.45, 2.75) is 0 Å².